The number of rotatable bonds is 6. The third kappa shape index (κ3) is 5.12. The van der Waals surface area contributed by atoms with Gasteiger partial charge in [-0.2, -0.15) is 0 Å². The molecule has 55 heavy (non-hydrogen) atoms. The molecule has 0 bridgehead atoms. The largest absolute Gasteiger partial charge is 0.484 e. The molecule has 2 heterocycles. The van der Waals surface area contributed by atoms with Gasteiger partial charge in [-0.1, -0.05) is 140 Å². The summed E-state index contributed by atoms with van der Waals surface area (Å²) in [6, 6.07) is 67.6. The Labute approximate surface area is 320 Å². The van der Waals surface area contributed by atoms with Gasteiger partial charge in [-0.25, -0.2) is 0 Å². The second-order valence-electron chi connectivity index (χ2n) is 14.4. The molecule has 3 nitrogen and oxygen atoms in total. The van der Waals surface area contributed by atoms with Gasteiger partial charge in [0, 0.05) is 56.0 Å². The Hall–Kier alpha value is -7.10. The van der Waals surface area contributed by atoms with Crippen LogP contribution in [0.25, 0.3) is 55.0 Å². The van der Waals surface area contributed by atoms with Crippen LogP contribution in [0.4, 0.5) is 17.1 Å². The third-order valence-electron chi connectivity index (χ3n) is 11.4. The van der Waals surface area contributed by atoms with Gasteiger partial charge >= 0.3 is 0 Å². The van der Waals surface area contributed by atoms with Gasteiger partial charge in [0.2, 0.25) is 0 Å². The van der Waals surface area contributed by atoms with Gasteiger partial charge in [0.15, 0.2) is 0 Å². The van der Waals surface area contributed by atoms with Crippen molar-refractivity contribution in [1.29, 1.82) is 0 Å². The first-order chi connectivity index (χ1) is 27.3. The second kappa shape index (κ2) is 12.8. The summed E-state index contributed by atoms with van der Waals surface area (Å²) in [5.41, 5.74) is 12.9. The Bertz CT molecular complexity index is 2890. The molecule has 9 aromatic rings. The van der Waals surface area contributed by atoms with E-state index in [1.165, 1.54) is 60.4 Å². The molecule has 0 amide bonds. The predicted molar refractivity (Wildman–Crippen MR) is 229 cm³/mol. The number of ether oxygens (including phenoxy) is 1. The number of hydrogen-bond donors (Lipinski definition) is 0. The molecule has 0 saturated carbocycles. The van der Waals surface area contributed by atoms with E-state index in [4.69, 9.17) is 4.74 Å². The van der Waals surface area contributed by atoms with Crippen LogP contribution in [0.1, 0.15) is 17.0 Å². The molecule has 2 atom stereocenters. The SMILES string of the molecule is C1=CC2c3cc(-c4ccccc4)c4ccccc4c3OC2C(c2ccc(N(c3ccccc3)c3ccc(-n4c5ccccc5c5ccccc54)cc3)cc2)=C1. The molecule has 0 radical (unpaired) electrons. The first-order valence-electron chi connectivity index (χ1n) is 19.0. The number of aromatic nitrogens is 1. The van der Waals surface area contributed by atoms with Crippen LogP contribution in [0.15, 0.2) is 206 Å². The number of fused-ring (bicyclic) bond motifs is 8. The minimum Gasteiger partial charge on any atom is -0.484 e. The zero-order valence-electron chi connectivity index (χ0n) is 30.1. The number of nitrogens with zero attached hydrogens (tertiary/aromatic N) is 2. The molecule has 8 aromatic carbocycles. The van der Waals surface area contributed by atoms with Gasteiger partial charge in [0.1, 0.15) is 11.9 Å². The molecule has 2 aliphatic rings. The lowest BCUT2D eigenvalue weighted by Gasteiger charge is -2.27. The average Bonchev–Trinajstić information content (AvgIpc) is 3.81. The summed E-state index contributed by atoms with van der Waals surface area (Å²) in [6.45, 7) is 0. The van der Waals surface area contributed by atoms with Crippen LogP contribution in [0.5, 0.6) is 5.75 Å². The Kier molecular flexibility index (Phi) is 7.31. The van der Waals surface area contributed by atoms with Gasteiger partial charge in [0.25, 0.3) is 0 Å². The summed E-state index contributed by atoms with van der Waals surface area (Å²) in [7, 11) is 0. The van der Waals surface area contributed by atoms with Crippen molar-refractivity contribution in [1.82, 2.24) is 4.57 Å². The van der Waals surface area contributed by atoms with Crippen molar-refractivity contribution in [3.8, 4) is 22.6 Å². The van der Waals surface area contributed by atoms with Crippen LogP contribution in [-0.4, -0.2) is 10.7 Å². The van der Waals surface area contributed by atoms with Crippen LogP contribution >= 0.6 is 0 Å². The van der Waals surface area contributed by atoms with E-state index in [-0.39, 0.29) is 12.0 Å². The van der Waals surface area contributed by atoms with Gasteiger partial charge in [-0.05, 0) is 88.8 Å². The van der Waals surface area contributed by atoms with E-state index in [0.717, 1.165) is 28.5 Å². The maximum absolute atomic E-state index is 6.96. The highest BCUT2D eigenvalue weighted by atomic mass is 16.5. The summed E-state index contributed by atoms with van der Waals surface area (Å²) in [4.78, 5) is 2.33. The third-order valence-corrected chi connectivity index (χ3v) is 11.4. The van der Waals surface area contributed by atoms with Crippen molar-refractivity contribution >= 4 is 55.2 Å². The Morgan fingerprint density at radius 3 is 1.69 bits per heavy atom. The molecule has 0 N–H and O–H groups in total. The van der Waals surface area contributed by atoms with E-state index < -0.39 is 0 Å². The number of benzene rings is 8. The van der Waals surface area contributed by atoms with Crippen molar-refractivity contribution < 1.29 is 4.74 Å². The van der Waals surface area contributed by atoms with Crippen molar-refractivity contribution in [3.05, 3.63) is 217 Å². The average molecular weight is 705 g/mol. The van der Waals surface area contributed by atoms with E-state index in [1.54, 1.807) is 0 Å². The van der Waals surface area contributed by atoms with Crippen LogP contribution in [-0.2, 0) is 0 Å². The molecule has 0 spiro atoms. The van der Waals surface area contributed by atoms with Gasteiger partial charge in [0.05, 0.1) is 11.0 Å². The molecule has 11 rings (SSSR count). The second-order valence-corrected chi connectivity index (χ2v) is 14.4. The first-order valence-corrected chi connectivity index (χ1v) is 19.0. The Morgan fingerprint density at radius 2 is 1.02 bits per heavy atom. The molecule has 0 saturated heterocycles. The summed E-state index contributed by atoms with van der Waals surface area (Å²) in [6.07, 6.45) is 6.64. The van der Waals surface area contributed by atoms with Crippen LogP contribution in [0, 0.1) is 0 Å². The smallest absolute Gasteiger partial charge is 0.135 e. The van der Waals surface area contributed by atoms with Crippen LogP contribution in [0.3, 0.4) is 0 Å². The molecule has 1 aliphatic heterocycles. The number of allylic oxidation sites excluding steroid dienone is 2. The molecule has 260 valence electrons. The number of hydrogen-bond acceptors (Lipinski definition) is 2. The van der Waals surface area contributed by atoms with E-state index >= 15 is 0 Å². The fourth-order valence-corrected chi connectivity index (χ4v) is 8.84. The van der Waals surface area contributed by atoms with Crippen LogP contribution in [0.2, 0.25) is 0 Å². The predicted octanol–water partition coefficient (Wildman–Crippen LogP) is 13.6. The summed E-state index contributed by atoms with van der Waals surface area (Å²) >= 11 is 0. The first kappa shape index (κ1) is 31.4. The minimum absolute atomic E-state index is 0.0982. The Balaban J connectivity index is 0.941. The van der Waals surface area contributed by atoms with Crippen molar-refractivity contribution in [2.24, 2.45) is 0 Å². The van der Waals surface area contributed by atoms with Crippen molar-refractivity contribution in [3.63, 3.8) is 0 Å². The number of para-hydroxylation sites is 3. The quantitative estimate of drug-likeness (QED) is 0.171. The minimum atomic E-state index is -0.0982. The highest BCUT2D eigenvalue weighted by Crippen LogP contribution is 2.51. The summed E-state index contributed by atoms with van der Waals surface area (Å²) < 4.78 is 9.33. The van der Waals surface area contributed by atoms with Crippen LogP contribution < -0.4 is 9.64 Å². The zero-order chi connectivity index (χ0) is 36.3. The normalized spacial score (nSPS) is 15.8. The van der Waals surface area contributed by atoms with E-state index in [1.807, 2.05) is 0 Å². The van der Waals surface area contributed by atoms with E-state index in [0.29, 0.717) is 0 Å². The standard InChI is InChI=1S/C52H36N2O/c1-3-14-35(15-4-1)47-34-48-46-23-13-22-41(51(46)55-52(48)45-21-8-7-18-42(45)47)36-26-28-38(29-27-36)53(37-16-5-2-6-17-37)39-30-32-40(33-31-39)54-49-24-11-9-19-43(49)44-20-10-12-25-50(44)54/h1-34,46,51H. The molecule has 1 aliphatic carbocycles. The molecule has 3 heteroatoms. The lowest BCUT2D eigenvalue weighted by molar-refractivity contribution is 0.281. The maximum atomic E-state index is 6.96. The summed E-state index contributed by atoms with van der Waals surface area (Å²) in [5, 5.41) is 4.91. The van der Waals surface area contributed by atoms with Gasteiger partial charge in [-0.3, -0.25) is 0 Å². The van der Waals surface area contributed by atoms with E-state index in [9.17, 15) is 0 Å². The fraction of sp³-hybridized carbons (Fsp3) is 0.0385. The van der Waals surface area contributed by atoms with E-state index in [2.05, 4.69) is 216 Å². The Morgan fingerprint density at radius 1 is 0.473 bits per heavy atom. The lowest BCUT2D eigenvalue weighted by atomic mass is 9.82. The number of anilines is 3. The monoisotopic (exact) mass is 704 g/mol. The fourth-order valence-electron chi connectivity index (χ4n) is 8.84. The lowest BCUT2D eigenvalue weighted by Crippen LogP contribution is -2.21. The highest BCUT2D eigenvalue weighted by molar-refractivity contribution is 6.09. The molecule has 1 aromatic heterocycles. The van der Waals surface area contributed by atoms with Gasteiger partial charge < -0.3 is 14.2 Å². The summed E-state index contributed by atoms with van der Waals surface area (Å²) in [5.74, 6) is 1.13. The molecular formula is C52H36N2O. The molecular weight excluding hydrogens is 669 g/mol. The molecule has 0 fully saturated rings. The molecule has 2 unspecified atom stereocenters. The maximum Gasteiger partial charge on any atom is 0.135 e. The van der Waals surface area contributed by atoms with Gasteiger partial charge in [-0.15, -0.1) is 0 Å². The highest BCUT2D eigenvalue weighted by Gasteiger charge is 2.38. The topological polar surface area (TPSA) is 17.4 Å². The van der Waals surface area contributed by atoms with Crippen molar-refractivity contribution in [2.45, 2.75) is 12.0 Å². The van der Waals surface area contributed by atoms with Crippen molar-refractivity contribution in [2.75, 3.05) is 4.90 Å². The zero-order valence-corrected chi connectivity index (χ0v) is 30.1.